The normalized spacial score (nSPS) is 13.9. The summed E-state index contributed by atoms with van der Waals surface area (Å²) < 4.78 is 5.49. The molecule has 0 unspecified atom stereocenters. The Kier molecular flexibility index (Phi) is 4.04. The molecule has 2 rings (SSSR count). The number of nitrogen functional groups attached to an aromatic ring is 1. The second-order valence-corrected chi connectivity index (χ2v) is 4.75. The fraction of sp³-hybridized carbons (Fsp3) is 0.429. The zero-order valence-electron chi connectivity index (χ0n) is 10.9. The van der Waals surface area contributed by atoms with Crippen LogP contribution in [0.4, 0.5) is 5.69 Å². The van der Waals surface area contributed by atoms with Crippen LogP contribution in [0.5, 0.6) is 5.75 Å². The Morgan fingerprint density at radius 2 is 2.16 bits per heavy atom. The first-order chi connectivity index (χ1) is 9.06. The third-order valence-electron chi connectivity index (χ3n) is 2.91. The van der Waals surface area contributed by atoms with Gasteiger partial charge in [-0.3, -0.25) is 9.59 Å². The molecule has 0 aromatic heterocycles. The number of carbonyl (C=O) groups is 2. The average molecular weight is 262 g/mol. The Hall–Kier alpha value is -2.04. The van der Waals surface area contributed by atoms with Crippen molar-refractivity contribution in [1.82, 2.24) is 5.32 Å². The summed E-state index contributed by atoms with van der Waals surface area (Å²) in [6.07, 6.45) is 2.43. The van der Waals surface area contributed by atoms with Crippen LogP contribution in [0.1, 0.15) is 36.5 Å². The minimum Gasteiger partial charge on any atom is -0.492 e. The fourth-order valence-corrected chi connectivity index (χ4v) is 1.73. The van der Waals surface area contributed by atoms with Crippen molar-refractivity contribution in [3.8, 4) is 5.75 Å². The highest BCUT2D eigenvalue weighted by Gasteiger charge is 2.22. The van der Waals surface area contributed by atoms with Crippen LogP contribution in [0.15, 0.2) is 18.2 Å². The molecule has 19 heavy (non-hydrogen) atoms. The lowest BCUT2D eigenvalue weighted by Gasteiger charge is -2.10. The van der Waals surface area contributed by atoms with Gasteiger partial charge in [-0.15, -0.1) is 0 Å². The minimum atomic E-state index is -0.107. The Morgan fingerprint density at radius 3 is 2.79 bits per heavy atom. The van der Waals surface area contributed by atoms with E-state index in [1.54, 1.807) is 18.2 Å². The Labute approximate surface area is 112 Å². The van der Waals surface area contributed by atoms with E-state index in [9.17, 15) is 9.59 Å². The van der Waals surface area contributed by atoms with Crippen LogP contribution in [0.25, 0.3) is 0 Å². The molecule has 0 aliphatic heterocycles. The summed E-state index contributed by atoms with van der Waals surface area (Å²) in [6.45, 7) is 1.71. The number of anilines is 1. The number of rotatable bonds is 6. The number of nitrogens with one attached hydrogen (secondary N) is 1. The van der Waals surface area contributed by atoms with E-state index in [0.717, 1.165) is 12.8 Å². The standard InChI is InChI=1S/C14H18N2O3/c1-9(17)12-8-10(15)2-5-13(12)19-7-6-14(18)16-11-3-4-11/h2,5,8,11H,3-4,6-7,15H2,1H3,(H,16,18). The molecule has 0 heterocycles. The van der Waals surface area contributed by atoms with Crippen molar-refractivity contribution in [1.29, 1.82) is 0 Å². The molecule has 1 aromatic carbocycles. The zero-order valence-corrected chi connectivity index (χ0v) is 10.9. The molecule has 1 aromatic rings. The first-order valence-electron chi connectivity index (χ1n) is 6.39. The molecule has 5 nitrogen and oxygen atoms in total. The van der Waals surface area contributed by atoms with E-state index in [2.05, 4.69) is 5.32 Å². The molecule has 1 saturated carbocycles. The molecule has 1 fully saturated rings. The highest BCUT2D eigenvalue weighted by Crippen LogP contribution is 2.22. The van der Waals surface area contributed by atoms with Gasteiger partial charge in [0.1, 0.15) is 5.75 Å². The number of ketones is 1. The van der Waals surface area contributed by atoms with Crippen molar-refractivity contribution in [2.75, 3.05) is 12.3 Å². The van der Waals surface area contributed by atoms with Gasteiger partial charge in [-0.05, 0) is 38.0 Å². The number of Topliss-reactive ketones (excluding diaryl/α,β-unsaturated/α-hetero) is 1. The lowest BCUT2D eigenvalue weighted by Crippen LogP contribution is -2.26. The van der Waals surface area contributed by atoms with Gasteiger partial charge >= 0.3 is 0 Å². The van der Waals surface area contributed by atoms with Gasteiger partial charge in [-0.2, -0.15) is 0 Å². The molecule has 5 heteroatoms. The van der Waals surface area contributed by atoms with E-state index in [4.69, 9.17) is 10.5 Å². The molecule has 0 atom stereocenters. The van der Waals surface area contributed by atoms with Gasteiger partial charge in [0.2, 0.25) is 5.91 Å². The number of benzene rings is 1. The largest absolute Gasteiger partial charge is 0.492 e. The molecule has 1 amide bonds. The van der Waals surface area contributed by atoms with Gasteiger partial charge < -0.3 is 15.8 Å². The van der Waals surface area contributed by atoms with Crippen LogP contribution < -0.4 is 15.8 Å². The van der Waals surface area contributed by atoms with E-state index >= 15 is 0 Å². The molecule has 3 N–H and O–H groups in total. The second kappa shape index (κ2) is 5.73. The van der Waals surface area contributed by atoms with Gasteiger partial charge in [-0.25, -0.2) is 0 Å². The van der Waals surface area contributed by atoms with Crippen molar-refractivity contribution in [3.05, 3.63) is 23.8 Å². The van der Waals surface area contributed by atoms with E-state index in [-0.39, 0.29) is 24.7 Å². The van der Waals surface area contributed by atoms with Crippen LogP contribution in [-0.4, -0.2) is 24.3 Å². The molecule has 0 spiro atoms. The Bertz CT molecular complexity index is 495. The van der Waals surface area contributed by atoms with Gasteiger partial charge in [0.15, 0.2) is 5.78 Å². The monoisotopic (exact) mass is 262 g/mol. The van der Waals surface area contributed by atoms with E-state index in [1.165, 1.54) is 6.92 Å². The Balaban J connectivity index is 1.87. The topological polar surface area (TPSA) is 81.4 Å². The summed E-state index contributed by atoms with van der Waals surface area (Å²) in [5.41, 5.74) is 6.60. The smallest absolute Gasteiger partial charge is 0.223 e. The molecule has 0 bridgehead atoms. The number of hydrogen-bond donors (Lipinski definition) is 2. The number of hydrogen-bond acceptors (Lipinski definition) is 4. The summed E-state index contributed by atoms with van der Waals surface area (Å²) in [4.78, 5) is 22.9. The summed E-state index contributed by atoms with van der Waals surface area (Å²) in [7, 11) is 0. The highest BCUT2D eigenvalue weighted by molar-refractivity contribution is 5.97. The van der Waals surface area contributed by atoms with Crippen LogP contribution in [0.3, 0.4) is 0 Å². The van der Waals surface area contributed by atoms with Crippen molar-refractivity contribution >= 4 is 17.4 Å². The third-order valence-corrected chi connectivity index (χ3v) is 2.91. The van der Waals surface area contributed by atoms with Crippen molar-refractivity contribution in [3.63, 3.8) is 0 Å². The highest BCUT2D eigenvalue weighted by atomic mass is 16.5. The first kappa shape index (κ1) is 13.4. The van der Waals surface area contributed by atoms with Crippen LogP contribution in [0.2, 0.25) is 0 Å². The van der Waals surface area contributed by atoms with Gasteiger partial charge in [0, 0.05) is 11.7 Å². The van der Waals surface area contributed by atoms with Crippen molar-refractivity contribution < 1.29 is 14.3 Å². The van der Waals surface area contributed by atoms with Crippen LogP contribution >= 0.6 is 0 Å². The lowest BCUT2D eigenvalue weighted by atomic mass is 10.1. The quantitative estimate of drug-likeness (QED) is 0.601. The maximum atomic E-state index is 11.5. The van der Waals surface area contributed by atoms with Crippen LogP contribution in [0, 0.1) is 0 Å². The summed E-state index contributed by atoms with van der Waals surface area (Å²) >= 11 is 0. The van der Waals surface area contributed by atoms with Gasteiger partial charge in [-0.1, -0.05) is 0 Å². The van der Waals surface area contributed by atoms with Gasteiger partial charge in [0.25, 0.3) is 0 Å². The molecule has 1 aliphatic carbocycles. The van der Waals surface area contributed by atoms with Crippen LogP contribution in [-0.2, 0) is 4.79 Å². The molecule has 0 radical (unpaired) electrons. The predicted molar refractivity (Wildman–Crippen MR) is 72.1 cm³/mol. The van der Waals surface area contributed by atoms with Crippen molar-refractivity contribution in [2.45, 2.75) is 32.2 Å². The third kappa shape index (κ3) is 3.98. The lowest BCUT2D eigenvalue weighted by molar-refractivity contribution is -0.121. The van der Waals surface area contributed by atoms with E-state index < -0.39 is 0 Å². The molecular formula is C14H18N2O3. The summed E-state index contributed by atoms with van der Waals surface area (Å²) in [5.74, 6) is 0.355. The van der Waals surface area contributed by atoms with Gasteiger partial charge in [0.05, 0.1) is 18.6 Å². The fourth-order valence-electron chi connectivity index (χ4n) is 1.73. The van der Waals surface area contributed by atoms with E-state index in [1.807, 2.05) is 0 Å². The molecule has 102 valence electrons. The first-order valence-corrected chi connectivity index (χ1v) is 6.39. The van der Waals surface area contributed by atoms with E-state index in [0.29, 0.717) is 23.0 Å². The zero-order chi connectivity index (χ0) is 13.8. The summed E-state index contributed by atoms with van der Waals surface area (Å²) in [5, 5.41) is 2.88. The Morgan fingerprint density at radius 1 is 1.42 bits per heavy atom. The minimum absolute atomic E-state index is 0.0117. The SMILES string of the molecule is CC(=O)c1cc(N)ccc1OCCC(=O)NC1CC1. The molecule has 0 saturated heterocycles. The summed E-state index contributed by atoms with van der Waals surface area (Å²) in [6, 6.07) is 5.27. The number of carbonyl (C=O) groups excluding carboxylic acids is 2. The molecule has 1 aliphatic rings. The maximum absolute atomic E-state index is 11.5. The average Bonchev–Trinajstić information content (AvgIpc) is 3.14. The predicted octanol–water partition coefficient (Wildman–Crippen LogP) is 1.52. The maximum Gasteiger partial charge on any atom is 0.223 e. The number of amides is 1. The second-order valence-electron chi connectivity index (χ2n) is 4.75. The number of nitrogens with two attached hydrogens (primary N) is 1. The van der Waals surface area contributed by atoms with Crippen molar-refractivity contribution in [2.24, 2.45) is 0 Å². The molecular weight excluding hydrogens is 244 g/mol. The number of ether oxygens (including phenoxy) is 1.